The lowest BCUT2D eigenvalue weighted by Crippen LogP contribution is -2.69. The highest BCUT2D eigenvalue weighted by molar-refractivity contribution is 5.79. The van der Waals surface area contributed by atoms with E-state index in [1.807, 2.05) is 13.8 Å². The number of esters is 3. The van der Waals surface area contributed by atoms with Crippen LogP contribution in [0.15, 0.2) is 12.1 Å². The van der Waals surface area contributed by atoms with Crippen LogP contribution in [-0.4, -0.2) is 58.6 Å². The minimum Gasteiger partial charge on any atom is -0.508 e. The molecule has 0 unspecified atom stereocenters. The van der Waals surface area contributed by atoms with Crippen LogP contribution in [0.1, 0.15) is 76.7 Å². The molecule has 1 aromatic rings. The van der Waals surface area contributed by atoms with E-state index in [1.54, 1.807) is 19.1 Å². The van der Waals surface area contributed by atoms with Crippen LogP contribution in [0.3, 0.4) is 0 Å². The molecule has 1 aromatic carbocycles. The minimum absolute atomic E-state index is 0.0129. The Morgan fingerprint density at radius 2 is 1.65 bits per heavy atom. The second kappa shape index (κ2) is 8.85. The van der Waals surface area contributed by atoms with Gasteiger partial charge in [0.15, 0.2) is 0 Å². The van der Waals surface area contributed by atoms with Crippen molar-refractivity contribution in [3.63, 3.8) is 0 Å². The van der Waals surface area contributed by atoms with Crippen LogP contribution in [0.2, 0.25) is 0 Å². The van der Waals surface area contributed by atoms with Crippen molar-refractivity contribution >= 4 is 17.9 Å². The van der Waals surface area contributed by atoms with Gasteiger partial charge in [-0.1, -0.05) is 26.8 Å². The summed E-state index contributed by atoms with van der Waals surface area (Å²) in [5, 5.41) is 33.8. The molecule has 34 heavy (non-hydrogen) atoms. The average molecular weight is 479 g/mol. The largest absolute Gasteiger partial charge is 0.508 e. The van der Waals surface area contributed by atoms with Crippen molar-refractivity contribution in [1.82, 2.24) is 0 Å². The highest BCUT2D eigenvalue weighted by Gasteiger charge is 2.70. The zero-order valence-electron chi connectivity index (χ0n) is 20.6. The predicted octanol–water partition coefficient (Wildman–Crippen LogP) is 2.24. The lowest BCUT2D eigenvalue weighted by Gasteiger charge is -2.60. The normalized spacial score (nSPS) is 34.6. The van der Waals surface area contributed by atoms with E-state index in [1.165, 1.54) is 27.9 Å². The molecule has 3 rings (SSSR count). The van der Waals surface area contributed by atoms with E-state index in [-0.39, 0.29) is 23.7 Å². The molecule has 0 saturated heterocycles. The molecule has 0 spiro atoms. The van der Waals surface area contributed by atoms with E-state index in [9.17, 15) is 29.7 Å². The van der Waals surface area contributed by atoms with Crippen LogP contribution < -0.4 is 0 Å². The number of carbonyl (C=O) groups is 3. The molecular formula is C25H34O9. The summed E-state index contributed by atoms with van der Waals surface area (Å²) in [6, 6.07) is 3.31. The SMILES string of the molecule is COC(=O)[C@]1(C)[C@@H](O)C[C@H](OC(C)=O)[C@@]2(C)c3c(O)cc(C(C)C)cc3[C@@H](O)[C@@H](OC(C)=O)[C@@H]12. The number of carbonyl (C=O) groups excluding carboxylic acids is 3. The van der Waals surface area contributed by atoms with Gasteiger partial charge in [-0.2, -0.15) is 0 Å². The van der Waals surface area contributed by atoms with Gasteiger partial charge in [0.05, 0.1) is 18.6 Å². The Balaban J connectivity index is 2.44. The number of ether oxygens (including phenoxy) is 3. The molecule has 0 radical (unpaired) electrons. The van der Waals surface area contributed by atoms with Gasteiger partial charge in [-0.05, 0) is 30.0 Å². The van der Waals surface area contributed by atoms with E-state index in [2.05, 4.69) is 0 Å². The van der Waals surface area contributed by atoms with E-state index in [0.29, 0.717) is 5.56 Å². The maximum Gasteiger partial charge on any atom is 0.314 e. The maximum absolute atomic E-state index is 13.1. The van der Waals surface area contributed by atoms with E-state index in [0.717, 1.165) is 5.56 Å². The Morgan fingerprint density at radius 1 is 1.06 bits per heavy atom. The molecule has 0 aromatic heterocycles. The van der Waals surface area contributed by atoms with Crippen molar-refractivity contribution < 1.29 is 43.9 Å². The number of fused-ring (bicyclic) bond motifs is 3. The van der Waals surface area contributed by atoms with E-state index in [4.69, 9.17) is 14.2 Å². The summed E-state index contributed by atoms with van der Waals surface area (Å²) < 4.78 is 16.3. The monoisotopic (exact) mass is 478 g/mol. The lowest BCUT2D eigenvalue weighted by molar-refractivity contribution is -0.224. The molecule has 2 aliphatic carbocycles. The first kappa shape index (κ1) is 26.0. The van der Waals surface area contributed by atoms with Crippen molar-refractivity contribution in [3.8, 4) is 5.75 Å². The Bertz CT molecular complexity index is 1000. The first-order chi connectivity index (χ1) is 15.7. The average Bonchev–Trinajstić information content (AvgIpc) is 2.73. The fourth-order valence-corrected chi connectivity index (χ4v) is 6.08. The quantitative estimate of drug-likeness (QED) is 0.439. The topological polar surface area (TPSA) is 140 Å². The van der Waals surface area contributed by atoms with Crippen LogP contribution in [0.25, 0.3) is 0 Å². The maximum atomic E-state index is 13.1. The summed E-state index contributed by atoms with van der Waals surface area (Å²) in [7, 11) is 1.18. The summed E-state index contributed by atoms with van der Waals surface area (Å²) in [6.45, 7) is 9.43. The molecule has 0 heterocycles. The molecule has 0 bridgehead atoms. The standard InChI is InChI=1S/C25H34O9/c1-11(2)14-8-15-19(16(28)9-14)25(6)18(33-12(3)26)10-17(29)24(5,23(31)32-7)22(25)21(20(15)30)34-13(4)27/h8-9,11,17-18,20-22,28-30H,10H2,1-7H3/t17-,18-,20+,21+,22-,24+,25-/m0/s1. The molecule has 0 amide bonds. The number of hydrogen-bond acceptors (Lipinski definition) is 9. The molecule has 188 valence electrons. The second-order valence-corrected chi connectivity index (χ2v) is 10.1. The molecule has 1 fully saturated rings. The van der Waals surface area contributed by atoms with E-state index < -0.39 is 59.1 Å². The second-order valence-electron chi connectivity index (χ2n) is 10.1. The van der Waals surface area contributed by atoms with Gasteiger partial charge in [-0.25, -0.2) is 0 Å². The van der Waals surface area contributed by atoms with Gasteiger partial charge in [-0.3, -0.25) is 14.4 Å². The third kappa shape index (κ3) is 3.75. The Hall–Kier alpha value is -2.65. The molecule has 7 atom stereocenters. The van der Waals surface area contributed by atoms with Crippen LogP contribution in [0, 0.1) is 11.3 Å². The number of hydrogen-bond donors (Lipinski definition) is 3. The van der Waals surface area contributed by atoms with Crippen LogP contribution in [-0.2, 0) is 34.0 Å². The Labute approximate surface area is 199 Å². The first-order valence-corrected chi connectivity index (χ1v) is 11.4. The zero-order chi connectivity index (χ0) is 25.7. The minimum atomic E-state index is -1.66. The van der Waals surface area contributed by atoms with Gasteiger partial charge in [-0.15, -0.1) is 0 Å². The highest BCUT2D eigenvalue weighted by atomic mass is 16.6. The van der Waals surface area contributed by atoms with Crippen molar-refractivity contribution in [2.75, 3.05) is 7.11 Å². The number of aromatic hydroxyl groups is 1. The number of benzene rings is 1. The van der Waals surface area contributed by atoms with Crippen LogP contribution in [0.5, 0.6) is 5.75 Å². The number of aliphatic hydroxyl groups is 2. The van der Waals surface area contributed by atoms with Crippen molar-refractivity contribution in [2.24, 2.45) is 11.3 Å². The molecule has 2 aliphatic rings. The van der Waals surface area contributed by atoms with Gasteiger partial charge in [0.2, 0.25) is 0 Å². The molecule has 9 nitrogen and oxygen atoms in total. The van der Waals surface area contributed by atoms with Gasteiger partial charge >= 0.3 is 17.9 Å². The molecule has 9 heteroatoms. The molecule has 1 saturated carbocycles. The van der Waals surface area contributed by atoms with Crippen molar-refractivity contribution in [1.29, 1.82) is 0 Å². The summed E-state index contributed by atoms with van der Waals surface area (Å²) in [4.78, 5) is 37.3. The Kier molecular flexibility index (Phi) is 6.76. The number of phenols is 1. The zero-order valence-corrected chi connectivity index (χ0v) is 20.6. The fourth-order valence-electron chi connectivity index (χ4n) is 6.08. The van der Waals surface area contributed by atoms with Crippen molar-refractivity contribution in [2.45, 2.75) is 83.7 Å². The third-order valence-electron chi connectivity index (χ3n) is 7.66. The smallest absolute Gasteiger partial charge is 0.314 e. The number of rotatable bonds is 4. The van der Waals surface area contributed by atoms with Gasteiger partial charge < -0.3 is 29.5 Å². The van der Waals surface area contributed by atoms with Crippen LogP contribution >= 0.6 is 0 Å². The molecule has 3 N–H and O–H groups in total. The number of methoxy groups -OCH3 is 1. The fraction of sp³-hybridized carbons (Fsp3) is 0.640. The van der Waals surface area contributed by atoms with Gasteiger partial charge in [0.25, 0.3) is 0 Å². The van der Waals surface area contributed by atoms with Crippen LogP contribution in [0.4, 0.5) is 0 Å². The van der Waals surface area contributed by atoms with Gasteiger partial charge in [0.1, 0.15) is 24.1 Å². The van der Waals surface area contributed by atoms with Crippen molar-refractivity contribution in [3.05, 3.63) is 28.8 Å². The first-order valence-electron chi connectivity index (χ1n) is 11.4. The predicted molar refractivity (Wildman–Crippen MR) is 120 cm³/mol. The summed E-state index contributed by atoms with van der Waals surface area (Å²) in [5.41, 5.74) is -1.65. The third-order valence-corrected chi connectivity index (χ3v) is 7.66. The van der Waals surface area contributed by atoms with Gasteiger partial charge in [0, 0.05) is 37.2 Å². The number of aliphatic hydroxyl groups excluding tert-OH is 2. The number of phenolic OH excluding ortho intramolecular Hbond substituents is 1. The molecular weight excluding hydrogens is 444 g/mol. The summed E-state index contributed by atoms with van der Waals surface area (Å²) >= 11 is 0. The highest BCUT2D eigenvalue weighted by Crippen LogP contribution is 2.63. The lowest BCUT2D eigenvalue weighted by atomic mass is 9.46. The summed E-state index contributed by atoms with van der Waals surface area (Å²) in [6.07, 6.45) is -5.21. The van der Waals surface area contributed by atoms with E-state index >= 15 is 0 Å². The summed E-state index contributed by atoms with van der Waals surface area (Å²) in [5.74, 6) is -3.33. The molecule has 0 aliphatic heterocycles. The Morgan fingerprint density at radius 3 is 2.15 bits per heavy atom.